The molecule has 2 nitrogen and oxygen atoms in total. The normalized spacial score (nSPS) is 10.2. The number of rotatable bonds is 12. The van der Waals surface area contributed by atoms with Crippen molar-refractivity contribution in [2.75, 3.05) is 6.61 Å². The second kappa shape index (κ2) is 13.3. The minimum Gasteiger partial charge on any atom is -0.465 e. The summed E-state index contributed by atoms with van der Waals surface area (Å²) in [6, 6.07) is 0. The van der Waals surface area contributed by atoms with E-state index in [0.717, 1.165) is 19.3 Å². The monoisotopic (exact) mass is 240 g/mol. The van der Waals surface area contributed by atoms with Crippen LogP contribution in [0, 0.1) is 0 Å². The average molecular weight is 240 g/mol. The highest BCUT2D eigenvalue weighted by Gasteiger charge is 2.01. The fourth-order valence-corrected chi connectivity index (χ4v) is 1.73. The Bertz CT molecular complexity index is 187. The number of hydrogen-bond acceptors (Lipinski definition) is 2. The third kappa shape index (κ3) is 13.1. The first-order valence-corrected chi connectivity index (χ1v) is 7.07. The van der Waals surface area contributed by atoms with Crippen LogP contribution in [0.25, 0.3) is 0 Å². The molecule has 0 saturated heterocycles. The van der Waals surface area contributed by atoms with Gasteiger partial charge in [-0.25, -0.2) is 0 Å². The molecule has 0 rings (SSSR count). The largest absolute Gasteiger partial charge is 0.465 e. The topological polar surface area (TPSA) is 26.3 Å². The summed E-state index contributed by atoms with van der Waals surface area (Å²) in [5.41, 5.74) is 0. The smallest absolute Gasteiger partial charge is 0.305 e. The van der Waals surface area contributed by atoms with Gasteiger partial charge in [-0.15, -0.1) is 6.58 Å². The van der Waals surface area contributed by atoms with Gasteiger partial charge in [0.2, 0.25) is 0 Å². The molecule has 0 radical (unpaired) electrons. The molecule has 0 aliphatic carbocycles. The minimum absolute atomic E-state index is 0.0576. The van der Waals surface area contributed by atoms with Gasteiger partial charge in [-0.3, -0.25) is 4.79 Å². The Labute approximate surface area is 106 Å². The molecule has 0 heterocycles. The summed E-state index contributed by atoms with van der Waals surface area (Å²) in [6.07, 6.45) is 13.2. The standard InChI is InChI=1S/C15H28O2/c1-3-5-7-8-9-10-11-12-13-15(16)17-14-6-4-2/h4H,2-3,5-14H2,1H3. The van der Waals surface area contributed by atoms with Crippen molar-refractivity contribution in [1.29, 1.82) is 0 Å². The van der Waals surface area contributed by atoms with E-state index in [1.807, 2.05) is 0 Å². The first-order valence-electron chi connectivity index (χ1n) is 7.07. The predicted molar refractivity (Wildman–Crippen MR) is 73.0 cm³/mol. The molecule has 0 bridgehead atoms. The van der Waals surface area contributed by atoms with E-state index in [9.17, 15) is 4.79 Å². The van der Waals surface area contributed by atoms with E-state index in [0.29, 0.717) is 13.0 Å². The van der Waals surface area contributed by atoms with E-state index in [1.165, 1.54) is 38.5 Å². The van der Waals surface area contributed by atoms with Crippen LogP contribution in [0.1, 0.15) is 71.1 Å². The molecule has 0 spiro atoms. The van der Waals surface area contributed by atoms with Crippen LogP contribution in [-0.4, -0.2) is 12.6 Å². The lowest BCUT2D eigenvalue weighted by Crippen LogP contribution is -2.04. The van der Waals surface area contributed by atoms with E-state index in [2.05, 4.69) is 13.5 Å². The number of ether oxygens (including phenoxy) is 1. The summed E-state index contributed by atoms with van der Waals surface area (Å²) in [5, 5.41) is 0. The maximum Gasteiger partial charge on any atom is 0.305 e. The van der Waals surface area contributed by atoms with Gasteiger partial charge in [0.1, 0.15) is 0 Å². The third-order valence-corrected chi connectivity index (χ3v) is 2.82. The molecule has 0 saturated carbocycles. The molecule has 0 atom stereocenters. The first-order chi connectivity index (χ1) is 8.31. The Morgan fingerprint density at radius 2 is 1.65 bits per heavy atom. The molecule has 0 fully saturated rings. The second-order valence-corrected chi connectivity index (χ2v) is 4.52. The fourth-order valence-electron chi connectivity index (χ4n) is 1.73. The first kappa shape index (κ1) is 16.2. The highest BCUT2D eigenvalue weighted by molar-refractivity contribution is 5.69. The van der Waals surface area contributed by atoms with E-state index < -0.39 is 0 Å². The summed E-state index contributed by atoms with van der Waals surface area (Å²) in [7, 11) is 0. The summed E-state index contributed by atoms with van der Waals surface area (Å²) in [5.74, 6) is -0.0576. The molecule has 0 N–H and O–H groups in total. The Balaban J connectivity index is 3.11. The van der Waals surface area contributed by atoms with Crippen LogP contribution in [0.4, 0.5) is 0 Å². The van der Waals surface area contributed by atoms with Crippen molar-refractivity contribution >= 4 is 5.97 Å². The highest BCUT2D eigenvalue weighted by atomic mass is 16.5. The Kier molecular flexibility index (Phi) is 12.7. The van der Waals surface area contributed by atoms with Crippen LogP contribution < -0.4 is 0 Å². The number of carbonyl (C=O) groups is 1. The van der Waals surface area contributed by atoms with Gasteiger partial charge in [0.25, 0.3) is 0 Å². The van der Waals surface area contributed by atoms with Crippen LogP contribution in [0.2, 0.25) is 0 Å². The number of unbranched alkanes of at least 4 members (excludes halogenated alkanes) is 7. The highest BCUT2D eigenvalue weighted by Crippen LogP contribution is 2.09. The maximum atomic E-state index is 11.2. The third-order valence-electron chi connectivity index (χ3n) is 2.82. The van der Waals surface area contributed by atoms with Gasteiger partial charge in [0.15, 0.2) is 0 Å². The van der Waals surface area contributed by atoms with Gasteiger partial charge in [0.05, 0.1) is 6.61 Å². The van der Waals surface area contributed by atoms with Crippen LogP contribution in [0.3, 0.4) is 0 Å². The molecule has 0 aliphatic heterocycles. The van der Waals surface area contributed by atoms with Gasteiger partial charge in [-0.05, 0) is 12.8 Å². The van der Waals surface area contributed by atoms with Crippen LogP contribution in [0.5, 0.6) is 0 Å². The zero-order chi connectivity index (χ0) is 12.8. The lowest BCUT2D eigenvalue weighted by Gasteiger charge is -2.03. The molecule has 0 aliphatic rings. The van der Waals surface area contributed by atoms with Crippen molar-refractivity contribution in [3.63, 3.8) is 0 Å². The van der Waals surface area contributed by atoms with E-state index in [1.54, 1.807) is 6.08 Å². The van der Waals surface area contributed by atoms with Gasteiger partial charge in [-0.1, -0.05) is 57.9 Å². The van der Waals surface area contributed by atoms with E-state index >= 15 is 0 Å². The molecule has 0 aromatic carbocycles. The lowest BCUT2D eigenvalue weighted by atomic mass is 10.1. The van der Waals surface area contributed by atoms with Gasteiger partial charge >= 0.3 is 5.97 Å². The molecule has 17 heavy (non-hydrogen) atoms. The zero-order valence-electron chi connectivity index (χ0n) is 11.4. The Morgan fingerprint density at radius 3 is 2.24 bits per heavy atom. The summed E-state index contributed by atoms with van der Waals surface area (Å²) >= 11 is 0. The molecular formula is C15H28O2. The molecule has 2 heteroatoms. The van der Waals surface area contributed by atoms with Crippen molar-refractivity contribution in [2.45, 2.75) is 71.1 Å². The quantitative estimate of drug-likeness (QED) is 0.282. The van der Waals surface area contributed by atoms with Gasteiger partial charge < -0.3 is 4.74 Å². The Hall–Kier alpha value is -0.790. The molecule has 0 aromatic heterocycles. The zero-order valence-corrected chi connectivity index (χ0v) is 11.4. The molecule has 0 unspecified atom stereocenters. The molecule has 0 aromatic rings. The summed E-state index contributed by atoms with van der Waals surface area (Å²) in [4.78, 5) is 11.2. The molecular weight excluding hydrogens is 212 g/mol. The van der Waals surface area contributed by atoms with Gasteiger partial charge in [0, 0.05) is 6.42 Å². The van der Waals surface area contributed by atoms with E-state index in [-0.39, 0.29) is 5.97 Å². The summed E-state index contributed by atoms with van der Waals surface area (Å²) < 4.78 is 5.03. The lowest BCUT2D eigenvalue weighted by molar-refractivity contribution is -0.143. The number of hydrogen-bond donors (Lipinski definition) is 0. The molecule has 100 valence electrons. The van der Waals surface area contributed by atoms with Crippen molar-refractivity contribution in [2.24, 2.45) is 0 Å². The number of esters is 1. The Morgan fingerprint density at radius 1 is 1.06 bits per heavy atom. The molecule has 0 amide bonds. The predicted octanol–water partition coefficient (Wildman–Crippen LogP) is 4.64. The van der Waals surface area contributed by atoms with E-state index in [4.69, 9.17) is 4.74 Å². The van der Waals surface area contributed by atoms with Crippen LogP contribution in [-0.2, 0) is 9.53 Å². The SMILES string of the molecule is C=CCCOC(=O)CCCCCCCCCC. The van der Waals surface area contributed by atoms with Crippen LogP contribution >= 0.6 is 0 Å². The summed E-state index contributed by atoms with van der Waals surface area (Å²) in [6.45, 7) is 6.30. The van der Waals surface area contributed by atoms with Crippen LogP contribution in [0.15, 0.2) is 12.7 Å². The fraction of sp³-hybridized carbons (Fsp3) is 0.800. The van der Waals surface area contributed by atoms with Gasteiger partial charge in [-0.2, -0.15) is 0 Å². The maximum absolute atomic E-state index is 11.2. The van der Waals surface area contributed by atoms with Crippen molar-refractivity contribution in [1.82, 2.24) is 0 Å². The average Bonchev–Trinajstić information content (AvgIpc) is 2.33. The van der Waals surface area contributed by atoms with Crippen molar-refractivity contribution < 1.29 is 9.53 Å². The van der Waals surface area contributed by atoms with Crippen molar-refractivity contribution in [3.05, 3.63) is 12.7 Å². The number of carbonyl (C=O) groups excluding carboxylic acids is 1. The minimum atomic E-state index is -0.0576. The van der Waals surface area contributed by atoms with Crippen molar-refractivity contribution in [3.8, 4) is 0 Å². The second-order valence-electron chi connectivity index (χ2n) is 4.52.